The zero-order chi connectivity index (χ0) is 18.1. The van der Waals surface area contributed by atoms with Crippen LogP contribution in [0.3, 0.4) is 0 Å². The molecule has 0 saturated carbocycles. The van der Waals surface area contributed by atoms with Gasteiger partial charge in [0.25, 0.3) is 0 Å². The monoisotopic (exact) mass is 364 g/mol. The van der Waals surface area contributed by atoms with E-state index in [4.69, 9.17) is 4.74 Å². The third kappa shape index (κ3) is 2.78. The van der Waals surface area contributed by atoms with Crippen LogP contribution in [0.25, 0.3) is 0 Å². The molecule has 0 saturated heterocycles. The highest BCUT2D eigenvalue weighted by molar-refractivity contribution is 7.13. The Morgan fingerprint density at radius 3 is 2.77 bits per heavy atom. The normalized spacial score (nSPS) is 21.2. The van der Waals surface area contributed by atoms with Gasteiger partial charge in [-0.2, -0.15) is 0 Å². The van der Waals surface area contributed by atoms with Gasteiger partial charge >= 0.3 is 0 Å². The molecule has 0 aliphatic heterocycles. The maximum atomic E-state index is 13.3. The first-order valence-electron chi connectivity index (χ1n) is 8.54. The van der Waals surface area contributed by atoms with Crippen molar-refractivity contribution in [2.75, 3.05) is 12.4 Å². The van der Waals surface area contributed by atoms with Gasteiger partial charge in [-0.3, -0.25) is 4.79 Å². The van der Waals surface area contributed by atoms with Crippen molar-refractivity contribution >= 4 is 22.4 Å². The lowest BCUT2D eigenvalue weighted by Crippen LogP contribution is -2.37. The second-order valence-electron chi connectivity index (χ2n) is 6.79. The molecule has 132 valence electrons. The van der Waals surface area contributed by atoms with E-state index in [0.29, 0.717) is 11.6 Å². The molecule has 4 rings (SSSR count). The van der Waals surface area contributed by atoms with Crippen molar-refractivity contribution in [2.45, 2.75) is 19.3 Å². The number of rotatable bonds is 4. The number of thiazole rings is 1. The van der Waals surface area contributed by atoms with E-state index in [0.717, 1.165) is 16.9 Å². The van der Waals surface area contributed by atoms with Crippen molar-refractivity contribution in [3.63, 3.8) is 0 Å². The lowest BCUT2D eigenvalue weighted by atomic mass is 9.73. The third-order valence-corrected chi connectivity index (χ3v) is 5.85. The van der Waals surface area contributed by atoms with E-state index in [-0.39, 0.29) is 11.8 Å². The highest BCUT2D eigenvalue weighted by Crippen LogP contribution is 2.52. The van der Waals surface area contributed by atoms with E-state index in [1.165, 1.54) is 16.9 Å². The molecule has 4 nitrogen and oxygen atoms in total. The summed E-state index contributed by atoms with van der Waals surface area (Å²) in [6, 6.07) is 16.3. The van der Waals surface area contributed by atoms with Crippen molar-refractivity contribution in [3.8, 4) is 5.75 Å². The van der Waals surface area contributed by atoms with Crippen LogP contribution in [0.1, 0.15) is 29.5 Å². The van der Waals surface area contributed by atoms with Gasteiger partial charge in [-0.25, -0.2) is 4.98 Å². The molecule has 5 heteroatoms. The molecule has 0 radical (unpaired) electrons. The minimum absolute atomic E-state index is 0.00327. The first-order chi connectivity index (χ1) is 12.6. The smallest absolute Gasteiger partial charge is 0.233 e. The quantitative estimate of drug-likeness (QED) is 0.742. The molecule has 26 heavy (non-hydrogen) atoms. The number of aromatic nitrogens is 1. The zero-order valence-corrected chi connectivity index (χ0v) is 15.5. The summed E-state index contributed by atoms with van der Waals surface area (Å²) in [7, 11) is 1.67. The lowest BCUT2D eigenvalue weighted by molar-refractivity contribution is -0.125. The van der Waals surface area contributed by atoms with Gasteiger partial charge in [0.1, 0.15) is 5.75 Å². The number of hydrogen-bond acceptors (Lipinski definition) is 4. The zero-order valence-electron chi connectivity index (χ0n) is 14.7. The average Bonchev–Trinajstić information content (AvgIpc) is 3.27. The van der Waals surface area contributed by atoms with Crippen LogP contribution in [0.15, 0.2) is 60.1 Å². The molecule has 0 fully saturated rings. The summed E-state index contributed by atoms with van der Waals surface area (Å²) in [5.74, 6) is 0.777. The fraction of sp³-hybridized carbons (Fsp3) is 0.238. The predicted octanol–water partition coefficient (Wildman–Crippen LogP) is 4.48. The van der Waals surface area contributed by atoms with Crippen LogP contribution < -0.4 is 10.1 Å². The Morgan fingerprint density at radius 1 is 1.27 bits per heavy atom. The number of nitrogens with one attached hydrogen (secondary N) is 1. The first-order valence-corrected chi connectivity index (χ1v) is 9.42. The van der Waals surface area contributed by atoms with Crippen LogP contribution in [0.2, 0.25) is 0 Å². The molecule has 1 amide bonds. The lowest BCUT2D eigenvalue weighted by Gasteiger charge is -2.31. The molecule has 2 atom stereocenters. The van der Waals surface area contributed by atoms with Crippen molar-refractivity contribution in [1.82, 2.24) is 4.98 Å². The molecule has 2 aromatic carbocycles. The SMILES string of the molecule is COc1ccc2c(c1)[C@H](c1ccccc1)[C@](C)(C(=O)Nc1nccs1)C2. The number of carbonyl (C=O) groups is 1. The van der Waals surface area contributed by atoms with Gasteiger partial charge in [0.2, 0.25) is 5.91 Å². The van der Waals surface area contributed by atoms with Gasteiger partial charge in [-0.05, 0) is 42.2 Å². The summed E-state index contributed by atoms with van der Waals surface area (Å²) in [5.41, 5.74) is 2.89. The summed E-state index contributed by atoms with van der Waals surface area (Å²) in [4.78, 5) is 17.5. The van der Waals surface area contributed by atoms with E-state index in [1.807, 2.05) is 36.6 Å². The molecule has 3 aromatic rings. The largest absolute Gasteiger partial charge is 0.497 e. The van der Waals surface area contributed by atoms with Crippen LogP contribution in [-0.4, -0.2) is 18.0 Å². The molecule has 1 aliphatic rings. The first kappa shape index (κ1) is 16.8. The van der Waals surface area contributed by atoms with Crippen LogP contribution in [0, 0.1) is 5.41 Å². The molecule has 0 unspecified atom stereocenters. The summed E-state index contributed by atoms with van der Waals surface area (Å²) in [6.45, 7) is 2.04. The van der Waals surface area contributed by atoms with Gasteiger partial charge in [0.05, 0.1) is 12.5 Å². The molecule has 1 N–H and O–H groups in total. The molecule has 1 heterocycles. The molecule has 0 spiro atoms. The summed E-state index contributed by atoms with van der Waals surface area (Å²) in [6.07, 6.45) is 2.38. The van der Waals surface area contributed by atoms with Crippen molar-refractivity contribution in [3.05, 3.63) is 76.8 Å². The Hall–Kier alpha value is -2.66. The average molecular weight is 364 g/mol. The number of methoxy groups -OCH3 is 1. The number of hydrogen-bond donors (Lipinski definition) is 1. The van der Waals surface area contributed by atoms with Gasteiger partial charge in [-0.1, -0.05) is 36.4 Å². The van der Waals surface area contributed by atoms with E-state index in [2.05, 4.69) is 34.6 Å². The van der Waals surface area contributed by atoms with Gasteiger partial charge < -0.3 is 10.1 Å². The van der Waals surface area contributed by atoms with Crippen molar-refractivity contribution in [2.24, 2.45) is 5.41 Å². The number of anilines is 1. The van der Waals surface area contributed by atoms with E-state index >= 15 is 0 Å². The molecule has 1 aliphatic carbocycles. The fourth-order valence-corrected chi connectivity index (χ4v) is 4.42. The van der Waals surface area contributed by atoms with Crippen LogP contribution >= 0.6 is 11.3 Å². The van der Waals surface area contributed by atoms with Gasteiger partial charge in [0.15, 0.2) is 5.13 Å². The molecular weight excluding hydrogens is 344 g/mol. The standard InChI is InChI=1S/C21H20N2O2S/c1-21(19(24)23-20-22-10-11-26-20)13-15-8-9-16(25-2)12-17(15)18(21)14-6-4-3-5-7-14/h3-12,18H,13H2,1-2H3,(H,22,23,24)/t18-,21+/m0/s1. The topological polar surface area (TPSA) is 51.2 Å². The van der Waals surface area contributed by atoms with Crippen molar-refractivity contribution in [1.29, 1.82) is 0 Å². The van der Waals surface area contributed by atoms with Crippen molar-refractivity contribution < 1.29 is 9.53 Å². The van der Waals surface area contributed by atoms with Gasteiger partial charge in [-0.15, -0.1) is 11.3 Å². The Labute approximate surface area is 156 Å². The molecule has 0 bridgehead atoms. The van der Waals surface area contributed by atoms with Crippen LogP contribution in [-0.2, 0) is 11.2 Å². The number of amides is 1. The number of fused-ring (bicyclic) bond motifs is 1. The summed E-state index contributed by atoms with van der Waals surface area (Å²) in [5, 5.41) is 5.50. The van der Waals surface area contributed by atoms with E-state index in [1.54, 1.807) is 13.3 Å². The second kappa shape index (κ2) is 6.57. The van der Waals surface area contributed by atoms with Gasteiger partial charge in [0, 0.05) is 17.5 Å². The maximum absolute atomic E-state index is 13.3. The number of carbonyl (C=O) groups excluding carboxylic acids is 1. The minimum atomic E-state index is -0.596. The Morgan fingerprint density at radius 2 is 2.08 bits per heavy atom. The molecular formula is C21H20N2O2S. The Balaban J connectivity index is 1.79. The predicted molar refractivity (Wildman–Crippen MR) is 104 cm³/mol. The molecule has 1 aromatic heterocycles. The highest BCUT2D eigenvalue weighted by atomic mass is 32.1. The summed E-state index contributed by atoms with van der Waals surface area (Å²) < 4.78 is 5.43. The number of nitrogens with zero attached hydrogens (tertiary/aromatic N) is 1. The van der Waals surface area contributed by atoms with Crippen LogP contribution in [0.4, 0.5) is 5.13 Å². The second-order valence-corrected chi connectivity index (χ2v) is 7.69. The highest BCUT2D eigenvalue weighted by Gasteiger charge is 2.49. The summed E-state index contributed by atoms with van der Waals surface area (Å²) >= 11 is 1.43. The Bertz CT molecular complexity index is 924. The number of ether oxygens (including phenoxy) is 1. The minimum Gasteiger partial charge on any atom is -0.497 e. The maximum Gasteiger partial charge on any atom is 0.233 e. The fourth-order valence-electron chi connectivity index (χ4n) is 3.90. The van der Waals surface area contributed by atoms with E-state index < -0.39 is 5.41 Å². The number of benzene rings is 2. The Kier molecular flexibility index (Phi) is 4.24. The third-order valence-electron chi connectivity index (χ3n) is 5.16. The van der Waals surface area contributed by atoms with E-state index in [9.17, 15) is 4.79 Å². The van der Waals surface area contributed by atoms with Crippen LogP contribution in [0.5, 0.6) is 5.75 Å².